The molecule has 3 rings (SSSR count). The molecule has 8 heteroatoms. The van der Waals surface area contributed by atoms with Crippen molar-refractivity contribution in [3.8, 4) is 5.69 Å². The first-order chi connectivity index (χ1) is 11.8. The van der Waals surface area contributed by atoms with E-state index in [1.807, 2.05) is 39.1 Å². The van der Waals surface area contributed by atoms with Crippen molar-refractivity contribution in [3.05, 3.63) is 41.4 Å². The number of amides is 1. The van der Waals surface area contributed by atoms with Crippen LogP contribution in [0.4, 0.5) is 4.79 Å². The van der Waals surface area contributed by atoms with Gasteiger partial charge in [0, 0.05) is 19.3 Å². The van der Waals surface area contributed by atoms with Gasteiger partial charge in [0.1, 0.15) is 17.0 Å². The van der Waals surface area contributed by atoms with Gasteiger partial charge in [-0.3, -0.25) is 0 Å². The van der Waals surface area contributed by atoms with Crippen LogP contribution in [0.3, 0.4) is 0 Å². The van der Waals surface area contributed by atoms with Crippen LogP contribution in [0.2, 0.25) is 5.15 Å². The fourth-order valence-electron chi connectivity index (χ4n) is 2.47. The number of halogens is 1. The summed E-state index contributed by atoms with van der Waals surface area (Å²) in [5.74, 6) is 0. The van der Waals surface area contributed by atoms with E-state index < -0.39 is 5.60 Å². The Kier molecular flexibility index (Phi) is 4.76. The highest BCUT2D eigenvalue weighted by molar-refractivity contribution is 6.31. The molecule has 25 heavy (non-hydrogen) atoms. The predicted molar refractivity (Wildman–Crippen MR) is 94.6 cm³/mol. The quantitative estimate of drug-likeness (QED) is 0.767. The number of carbonyl (C=O) groups excluding carboxylic acids is 1. The first-order valence-corrected chi connectivity index (χ1v) is 8.42. The van der Waals surface area contributed by atoms with E-state index in [1.54, 1.807) is 21.8 Å². The Labute approximate surface area is 151 Å². The molecule has 0 aliphatic carbocycles. The van der Waals surface area contributed by atoms with Gasteiger partial charge in [-0.15, -0.1) is 5.10 Å². The van der Waals surface area contributed by atoms with E-state index in [-0.39, 0.29) is 6.09 Å². The monoisotopic (exact) mass is 361 g/mol. The molecular formula is C17H20ClN5O2. The zero-order chi connectivity index (χ0) is 18.0. The number of aromatic nitrogens is 4. The van der Waals surface area contributed by atoms with E-state index in [1.165, 1.54) is 0 Å². The second kappa shape index (κ2) is 6.84. The molecule has 1 aliphatic heterocycles. The Hall–Kier alpha value is -2.41. The first kappa shape index (κ1) is 17.4. The largest absolute Gasteiger partial charge is 0.444 e. The normalized spacial score (nSPS) is 15.0. The number of hydrogen-bond acceptors (Lipinski definition) is 5. The van der Waals surface area contributed by atoms with Crippen LogP contribution in [0, 0.1) is 0 Å². The second-order valence-electron chi connectivity index (χ2n) is 6.77. The van der Waals surface area contributed by atoms with Gasteiger partial charge in [0.25, 0.3) is 0 Å². The highest BCUT2D eigenvalue weighted by Crippen LogP contribution is 2.23. The van der Waals surface area contributed by atoms with E-state index >= 15 is 0 Å². The predicted octanol–water partition coefficient (Wildman–Crippen LogP) is 3.34. The Balaban J connectivity index is 1.71. The van der Waals surface area contributed by atoms with Crippen LogP contribution in [0.5, 0.6) is 0 Å². The summed E-state index contributed by atoms with van der Waals surface area (Å²) < 4.78 is 7.00. The molecule has 0 aromatic carbocycles. The van der Waals surface area contributed by atoms with Crippen LogP contribution in [0.1, 0.15) is 32.9 Å². The van der Waals surface area contributed by atoms with Crippen molar-refractivity contribution >= 4 is 23.3 Å². The zero-order valence-corrected chi connectivity index (χ0v) is 15.2. The van der Waals surface area contributed by atoms with Gasteiger partial charge in [-0.2, -0.15) is 0 Å². The van der Waals surface area contributed by atoms with Gasteiger partial charge in [-0.25, -0.2) is 14.5 Å². The Morgan fingerprint density at radius 2 is 2.16 bits per heavy atom. The SMILES string of the molecule is CC(C)(C)OC(=O)N1CC=C(c2cn(-c3cccnc3Cl)nn2)CC1. The van der Waals surface area contributed by atoms with E-state index in [0.717, 1.165) is 11.3 Å². The molecule has 0 saturated heterocycles. The molecule has 0 saturated carbocycles. The fourth-order valence-corrected chi connectivity index (χ4v) is 2.68. The molecule has 1 amide bonds. The molecule has 2 aromatic rings. The summed E-state index contributed by atoms with van der Waals surface area (Å²) in [5, 5.41) is 8.70. The third-order valence-corrected chi connectivity index (χ3v) is 3.96. The lowest BCUT2D eigenvalue weighted by Crippen LogP contribution is -2.39. The number of pyridine rings is 1. The van der Waals surface area contributed by atoms with E-state index in [2.05, 4.69) is 15.3 Å². The lowest BCUT2D eigenvalue weighted by Gasteiger charge is -2.29. The molecule has 0 atom stereocenters. The van der Waals surface area contributed by atoms with Crippen molar-refractivity contribution in [2.75, 3.05) is 13.1 Å². The first-order valence-electron chi connectivity index (χ1n) is 8.04. The molecule has 0 bridgehead atoms. The summed E-state index contributed by atoms with van der Waals surface area (Å²) in [7, 11) is 0. The molecular weight excluding hydrogens is 342 g/mol. The Morgan fingerprint density at radius 1 is 1.36 bits per heavy atom. The highest BCUT2D eigenvalue weighted by Gasteiger charge is 2.24. The molecule has 3 heterocycles. The van der Waals surface area contributed by atoms with Crippen molar-refractivity contribution < 1.29 is 9.53 Å². The van der Waals surface area contributed by atoms with Gasteiger partial charge in [0.2, 0.25) is 0 Å². The summed E-state index contributed by atoms with van der Waals surface area (Å²) in [6.45, 7) is 6.65. The van der Waals surface area contributed by atoms with Crippen molar-refractivity contribution in [2.24, 2.45) is 0 Å². The molecule has 0 unspecified atom stereocenters. The number of rotatable bonds is 2. The van der Waals surface area contributed by atoms with E-state index in [0.29, 0.717) is 30.4 Å². The van der Waals surface area contributed by atoms with Gasteiger partial charge >= 0.3 is 6.09 Å². The third-order valence-electron chi connectivity index (χ3n) is 3.67. The lowest BCUT2D eigenvalue weighted by molar-refractivity contribution is 0.0270. The molecule has 7 nitrogen and oxygen atoms in total. The van der Waals surface area contributed by atoms with E-state index in [4.69, 9.17) is 16.3 Å². The van der Waals surface area contributed by atoms with Crippen molar-refractivity contribution in [1.29, 1.82) is 0 Å². The third kappa shape index (κ3) is 4.17. The minimum Gasteiger partial charge on any atom is -0.444 e. The zero-order valence-electron chi connectivity index (χ0n) is 14.4. The maximum Gasteiger partial charge on any atom is 0.410 e. The molecule has 132 valence electrons. The average Bonchev–Trinajstić information content (AvgIpc) is 3.03. The minimum absolute atomic E-state index is 0.298. The molecule has 0 N–H and O–H groups in total. The summed E-state index contributed by atoms with van der Waals surface area (Å²) in [6.07, 6.45) is 5.82. The van der Waals surface area contributed by atoms with Crippen molar-refractivity contribution in [2.45, 2.75) is 32.8 Å². The lowest BCUT2D eigenvalue weighted by atomic mass is 10.1. The maximum absolute atomic E-state index is 12.1. The van der Waals surface area contributed by atoms with Crippen LogP contribution < -0.4 is 0 Å². The average molecular weight is 362 g/mol. The topological polar surface area (TPSA) is 73.1 Å². The summed E-state index contributed by atoms with van der Waals surface area (Å²) in [5.41, 5.74) is 2.00. The molecule has 0 spiro atoms. The van der Waals surface area contributed by atoms with Crippen LogP contribution in [0.15, 0.2) is 30.6 Å². The maximum atomic E-state index is 12.1. The van der Waals surface area contributed by atoms with Crippen molar-refractivity contribution in [1.82, 2.24) is 24.9 Å². The molecule has 0 fully saturated rings. The van der Waals surface area contributed by atoms with Crippen LogP contribution in [0.25, 0.3) is 11.3 Å². The smallest absolute Gasteiger partial charge is 0.410 e. The Bertz CT molecular complexity index is 809. The second-order valence-corrected chi connectivity index (χ2v) is 7.13. The molecule has 0 radical (unpaired) electrons. The summed E-state index contributed by atoms with van der Waals surface area (Å²) in [4.78, 5) is 17.8. The summed E-state index contributed by atoms with van der Waals surface area (Å²) in [6, 6.07) is 3.62. The highest BCUT2D eigenvalue weighted by atomic mass is 35.5. The van der Waals surface area contributed by atoms with Gasteiger partial charge < -0.3 is 9.64 Å². The number of nitrogens with zero attached hydrogens (tertiary/aromatic N) is 5. The minimum atomic E-state index is -0.493. The van der Waals surface area contributed by atoms with Crippen LogP contribution >= 0.6 is 11.6 Å². The fraction of sp³-hybridized carbons (Fsp3) is 0.412. The van der Waals surface area contributed by atoms with Gasteiger partial charge in [-0.05, 0) is 44.9 Å². The van der Waals surface area contributed by atoms with Gasteiger partial charge in [0.05, 0.1) is 6.20 Å². The van der Waals surface area contributed by atoms with E-state index in [9.17, 15) is 4.79 Å². The number of hydrogen-bond donors (Lipinski definition) is 0. The van der Waals surface area contributed by atoms with Gasteiger partial charge in [0.15, 0.2) is 5.15 Å². The van der Waals surface area contributed by atoms with Crippen molar-refractivity contribution in [3.63, 3.8) is 0 Å². The standard InChI is InChI=1S/C17H20ClN5O2/c1-17(2,3)25-16(24)22-9-6-12(7-10-22)13-11-23(21-20-13)14-5-4-8-19-15(14)18/h4-6,8,11H,7,9-10H2,1-3H3. The molecule has 2 aromatic heterocycles. The number of carbonyl (C=O) groups is 1. The Morgan fingerprint density at radius 3 is 2.80 bits per heavy atom. The van der Waals surface area contributed by atoms with Crippen LogP contribution in [-0.4, -0.2) is 49.7 Å². The molecule has 1 aliphatic rings. The number of ether oxygens (including phenoxy) is 1. The summed E-state index contributed by atoms with van der Waals surface area (Å²) >= 11 is 6.09. The van der Waals surface area contributed by atoms with Gasteiger partial charge in [-0.1, -0.05) is 22.9 Å². The van der Waals surface area contributed by atoms with Crippen LogP contribution in [-0.2, 0) is 4.74 Å².